The first-order valence-electron chi connectivity index (χ1n) is 10.9. The van der Waals surface area contributed by atoms with Gasteiger partial charge in [-0.1, -0.05) is 0 Å². The van der Waals surface area contributed by atoms with Crippen LogP contribution < -0.4 is 16.0 Å². The molecule has 0 fully saturated rings. The van der Waals surface area contributed by atoms with Gasteiger partial charge in [-0.2, -0.15) is 15.5 Å². The molecule has 0 saturated carbocycles. The fourth-order valence-corrected chi connectivity index (χ4v) is 3.56. The molecule has 3 N–H and O–H groups in total. The van der Waals surface area contributed by atoms with Gasteiger partial charge in [-0.3, -0.25) is 0 Å². The summed E-state index contributed by atoms with van der Waals surface area (Å²) < 4.78 is 5.16. The van der Waals surface area contributed by atoms with Crippen LogP contribution in [0.3, 0.4) is 0 Å². The van der Waals surface area contributed by atoms with Gasteiger partial charge in [0.1, 0.15) is 0 Å². The number of aromatic nitrogens is 2. The standard InChI is InChI=1S/C27H23N7O/c1-18-12-21(4-3-10-28)13-19(2)25(18)33-26-24(30-15-22-9-11-35-17-22)16-31-27(34-26)32-23-7-5-20(14-29)6-8-23/h3-9,11-13,16-17,30H,15H2,1-2H3,(H2,31,32,33,34)/b4-3+. The number of allylic oxidation sites excluding steroid dienone is 1. The summed E-state index contributed by atoms with van der Waals surface area (Å²) >= 11 is 0. The number of hydrogen-bond acceptors (Lipinski definition) is 8. The summed E-state index contributed by atoms with van der Waals surface area (Å²) in [6.07, 6.45) is 8.28. The van der Waals surface area contributed by atoms with Gasteiger partial charge >= 0.3 is 0 Å². The molecule has 0 aliphatic carbocycles. The number of hydrogen-bond donors (Lipinski definition) is 3. The van der Waals surface area contributed by atoms with Crippen molar-refractivity contribution in [2.75, 3.05) is 16.0 Å². The molecule has 0 amide bonds. The van der Waals surface area contributed by atoms with Crippen LogP contribution in [0.15, 0.2) is 71.7 Å². The van der Waals surface area contributed by atoms with Crippen molar-refractivity contribution < 1.29 is 4.42 Å². The molecule has 0 unspecified atom stereocenters. The molecule has 2 heterocycles. The molecule has 4 rings (SSSR count). The maximum atomic E-state index is 9.01. The quantitative estimate of drug-likeness (QED) is 0.265. The number of aryl methyl sites for hydroxylation is 2. The van der Waals surface area contributed by atoms with Crippen molar-refractivity contribution in [1.82, 2.24) is 9.97 Å². The Morgan fingerprint density at radius 2 is 1.80 bits per heavy atom. The molecule has 0 atom stereocenters. The minimum Gasteiger partial charge on any atom is -0.472 e. The number of nitrogens with one attached hydrogen (secondary N) is 3. The third kappa shape index (κ3) is 5.84. The van der Waals surface area contributed by atoms with E-state index in [9.17, 15) is 0 Å². The molecule has 0 spiro atoms. The zero-order valence-electron chi connectivity index (χ0n) is 19.3. The lowest BCUT2D eigenvalue weighted by molar-refractivity contribution is 0.564. The van der Waals surface area contributed by atoms with E-state index in [2.05, 4.69) is 27.0 Å². The van der Waals surface area contributed by atoms with Crippen LogP contribution in [0.5, 0.6) is 0 Å². The molecule has 4 aromatic rings. The van der Waals surface area contributed by atoms with Crippen LogP contribution in [0.25, 0.3) is 6.08 Å². The number of furan rings is 1. The van der Waals surface area contributed by atoms with Crippen LogP contribution in [-0.4, -0.2) is 9.97 Å². The van der Waals surface area contributed by atoms with Gasteiger partial charge in [0.15, 0.2) is 5.82 Å². The molecular formula is C27H23N7O. The monoisotopic (exact) mass is 461 g/mol. The van der Waals surface area contributed by atoms with Crippen LogP contribution in [-0.2, 0) is 6.54 Å². The minimum atomic E-state index is 0.412. The maximum absolute atomic E-state index is 9.01. The molecule has 172 valence electrons. The zero-order chi connectivity index (χ0) is 24.6. The van der Waals surface area contributed by atoms with E-state index >= 15 is 0 Å². The largest absolute Gasteiger partial charge is 0.472 e. The van der Waals surface area contributed by atoms with Crippen molar-refractivity contribution in [3.05, 3.63) is 95.1 Å². The van der Waals surface area contributed by atoms with Gasteiger partial charge in [-0.25, -0.2) is 4.98 Å². The van der Waals surface area contributed by atoms with Gasteiger partial charge in [-0.15, -0.1) is 0 Å². The van der Waals surface area contributed by atoms with E-state index in [0.29, 0.717) is 23.9 Å². The zero-order valence-corrected chi connectivity index (χ0v) is 19.3. The smallest absolute Gasteiger partial charge is 0.229 e. The van der Waals surface area contributed by atoms with E-state index in [1.165, 1.54) is 6.08 Å². The van der Waals surface area contributed by atoms with E-state index in [0.717, 1.165) is 39.3 Å². The Kier molecular flexibility index (Phi) is 7.05. The Morgan fingerprint density at radius 1 is 1.03 bits per heavy atom. The molecule has 0 saturated heterocycles. The van der Waals surface area contributed by atoms with Crippen molar-refractivity contribution in [1.29, 1.82) is 10.5 Å². The lowest BCUT2D eigenvalue weighted by Gasteiger charge is -2.17. The molecule has 2 aromatic heterocycles. The Labute approximate surface area is 203 Å². The Morgan fingerprint density at radius 3 is 2.46 bits per heavy atom. The highest BCUT2D eigenvalue weighted by Crippen LogP contribution is 2.30. The molecule has 8 heteroatoms. The first-order chi connectivity index (χ1) is 17.1. The summed E-state index contributed by atoms with van der Waals surface area (Å²) in [6.45, 7) is 4.57. The highest BCUT2D eigenvalue weighted by Gasteiger charge is 2.12. The van der Waals surface area contributed by atoms with Crippen LogP contribution in [0.4, 0.5) is 28.8 Å². The highest BCUT2D eigenvalue weighted by atomic mass is 16.3. The SMILES string of the molecule is Cc1cc(/C=C/C#N)cc(C)c1Nc1nc(Nc2ccc(C#N)cc2)ncc1NCc1ccoc1. The number of nitrogens with zero attached hydrogens (tertiary/aromatic N) is 4. The van der Waals surface area contributed by atoms with Crippen LogP contribution in [0.2, 0.25) is 0 Å². The summed E-state index contributed by atoms with van der Waals surface area (Å²) in [4.78, 5) is 9.18. The van der Waals surface area contributed by atoms with Crippen molar-refractivity contribution in [2.45, 2.75) is 20.4 Å². The molecule has 0 radical (unpaired) electrons. The summed E-state index contributed by atoms with van der Waals surface area (Å²) in [5.41, 5.74) is 6.99. The van der Waals surface area contributed by atoms with Crippen LogP contribution in [0, 0.1) is 36.5 Å². The average molecular weight is 462 g/mol. The normalized spacial score (nSPS) is 10.5. The molecular weight excluding hydrogens is 438 g/mol. The predicted molar refractivity (Wildman–Crippen MR) is 136 cm³/mol. The van der Waals surface area contributed by atoms with Crippen LogP contribution >= 0.6 is 0 Å². The van der Waals surface area contributed by atoms with E-state index in [-0.39, 0.29) is 0 Å². The van der Waals surface area contributed by atoms with Gasteiger partial charge in [-0.05, 0) is 79.1 Å². The molecule has 0 aliphatic rings. The number of benzene rings is 2. The Bertz CT molecular complexity index is 1400. The summed E-state index contributed by atoms with van der Waals surface area (Å²) in [5, 5.41) is 27.8. The van der Waals surface area contributed by atoms with Crippen molar-refractivity contribution in [2.24, 2.45) is 0 Å². The lowest BCUT2D eigenvalue weighted by atomic mass is 10.0. The summed E-state index contributed by atoms with van der Waals surface area (Å²) in [7, 11) is 0. The van der Waals surface area contributed by atoms with Crippen molar-refractivity contribution >= 4 is 34.9 Å². The average Bonchev–Trinajstić information content (AvgIpc) is 3.38. The summed E-state index contributed by atoms with van der Waals surface area (Å²) in [5.74, 6) is 1.01. The third-order valence-corrected chi connectivity index (χ3v) is 5.27. The van der Waals surface area contributed by atoms with Crippen molar-refractivity contribution in [3.63, 3.8) is 0 Å². The second-order valence-corrected chi connectivity index (χ2v) is 7.87. The first-order valence-corrected chi connectivity index (χ1v) is 10.9. The van der Waals surface area contributed by atoms with Gasteiger partial charge < -0.3 is 20.4 Å². The van der Waals surface area contributed by atoms with E-state index in [1.54, 1.807) is 36.9 Å². The molecule has 35 heavy (non-hydrogen) atoms. The molecule has 2 aromatic carbocycles. The minimum absolute atomic E-state index is 0.412. The maximum Gasteiger partial charge on any atom is 0.229 e. The lowest BCUT2D eigenvalue weighted by Crippen LogP contribution is -2.08. The molecule has 0 bridgehead atoms. The van der Waals surface area contributed by atoms with Gasteiger partial charge in [0, 0.05) is 29.6 Å². The fourth-order valence-electron chi connectivity index (χ4n) is 3.56. The number of rotatable bonds is 8. The van der Waals surface area contributed by atoms with Gasteiger partial charge in [0.05, 0.1) is 42.1 Å². The van der Waals surface area contributed by atoms with Gasteiger partial charge in [0.2, 0.25) is 5.95 Å². The van der Waals surface area contributed by atoms with E-state index in [1.807, 2.05) is 50.2 Å². The Hall–Kier alpha value is -5.08. The highest BCUT2D eigenvalue weighted by molar-refractivity contribution is 5.76. The number of anilines is 5. The Balaban J connectivity index is 1.65. The molecule has 8 nitrogen and oxygen atoms in total. The topological polar surface area (TPSA) is 123 Å². The second kappa shape index (κ2) is 10.7. The van der Waals surface area contributed by atoms with Crippen molar-refractivity contribution in [3.8, 4) is 12.1 Å². The first kappa shape index (κ1) is 23.1. The molecule has 0 aliphatic heterocycles. The van der Waals surface area contributed by atoms with Crippen LogP contribution in [0.1, 0.15) is 27.8 Å². The predicted octanol–water partition coefficient (Wildman–Crippen LogP) is 6.19. The second-order valence-electron chi connectivity index (χ2n) is 7.87. The fraction of sp³-hybridized carbons (Fsp3) is 0.111. The van der Waals surface area contributed by atoms with E-state index < -0.39 is 0 Å². The summed E-state index contributed by atoms with van der Waals surface area (Å²) in [6, 6.07) is 17.1. The van der Waals surface area contributed by atoms with Gasteiger partial charge in [0.25, 0.3) is 0 Å². The van der Waals surface area contributed by atoms with E-state index in [4.69, 9.17) is 19.9 Å². The number of nitriles is 2. The third-order valence-electron chi connectivity index (χ3n) is 5.27.